The Hall–Kier alpha value is -0.900. The van der Waals surface area contributed by atoms with Crippen molar-refractivity contribution in [1.82, 2.24) is 5.32 Å². The highest BCUT2D eigenvalue weighted by molar-refractivity contribution is 6.03. The van der Waals surface area contributed by atoms with Crippen molar-refractivity contribution in [2.75, 3.05) is 13.1 Å². The first-order valence-electron chi connectivity index (χ1n) is 2.81. The number of amidine groups is 1. The fourth-order valence-electron chi connectivity index (χ4n) is 0.638. The second-order valence-corrected chi connectivity index (χ2v) is 1.78. The molecule has 0 atom stereocenters. The van der Waals surface area contributed by atoms with E-state index in [-0.39, 0.29) is 12.5 Å². The number of nitrogens with zero attached hydrogens (tertiary/aromatic N) is 2. The van der Waals surface area contributed by atoms with E-state index in [4.69, 9.17) is 5.73 Å². The minimum absolute atomic E-state index is 0.154. The van der Waals surface area contributed by atoms with Gasteiger partial charge < -0.3 is 5.73 Å². The van der Waals surface area contributed by atoms with Gasteiger partial charge in [-0.1, -0.05) is 0 Å². The molecule has 4 heteroatoms. The average Bonchev–Trinajstić information content (AvgIpc) is 2.17. The van der Waals surface area contributed by atoms with Crippen LogP contribution in [0.3, 0.4) is 0 Å². The Balaban J connectivity index is 2.36. The molecule has 1 heterocycles. The molecule has 1 rings (SSSR count). The molecular formula is C5H8N3O. The zero-order valence-electron chi connectivity index (χ0n) is 5.00. The van der Waals surface area contributed by atoms with E-state index in [1.807, 2.05) is 0 Å². The van der Waals surface area contributed by atoms with E-state index in [0.717, 1.165) is 0 Å². The smallest absolute Gasteiger partial charge is 0.269 e. The van der Waals surface area contributed by atoms with Crippen LogP contribution in [-0.2, 0) is 4.79 Å². The van der Waals surface area contributed by atoms with E-state index in [2.05, 4.69) is 10.3 Å². The van der Waals surface area contributed by atoms with Crippen molar-refractivity contribution in [3.8, 4) is 0 Å². The van der Waals surface area contributed by atoms with Gasteiger partial charge in [-0.15, -0.1) is 0 Å². The molecule has 0 unspecified atom stereocenters. The summed E-state index contributed by atoms with van der Waals surface area (Å²) in [5.74, 6) is 0.445. The fraction of sp³-hybridized carbons (Fsp3) is 0.600. The van der Waals surface area contributed by atoms with Crippen LogP contribution in [0.1, 0.15) is 6.42 Å². The van der Waals surface area contributed by atoms with Gasteiger partial charge in [0.15, 0.2) is 0 Å². The van der Waals surface area contributed by atoms with E-state index < -0.39 is 0 Å². The monoisotopic (exact) mass is 126 g/mol. The lowest BCUT2D eigenvalue weighted by Crippen LogP contribution is -2.18. The largest absolute Gasteiger partial charge is 0.330 e. The summed E-state index contributed by atoms with van der Waals surface area (Å²) >= 11 is 0. The molecule has 0 bridgehead atoms. The van der Waals surface area contributed by atoms with Gasteiger partial charge in [-0.05, 0) is 6.54 Å². The minimum Gasteiger partial charge on any atom is -0.330 e. The number of hydrogen-bond acceptors (Lipinski definition) is 3. The SMILES string of the molecule is NCCC1=NCC(=O)[N]1. The molecule has 1 aliphatic rings. The molecule has 1 amide bonds. The van der Waals surface area contributed by atoms with Crippen LogP contribution in [-0.4, -0.2) is 24.8 Å². The second kappa shape index (κ2) is 2.59. The number of amides is 1. The Labute approximate surface area is 53.1 Å². The van der Waals surface area contributed by atoms with Gasteiger partial charge in [0.2, 0.25) is 0 Å². The third kappa shape index (κ3) is 1.50. The van der Waals surface area contributed by atoms with E-state index in [9.17, 15) is 4.79 Å². The summed E-state index contributed by atoms with van der Waals surface area (Å²) in [7, 11) is 0. The van der Waals surface area contributed by atoms with Gasteiger partial charge in [0.25, 0.3) is 5.91 Å². The van der Waals surface area contributed by atoms with Gasteiger partial charge in [0, 0.05) is 6.42 Å². The lowest BCUT2D eigenvalue weighted by atomic mass is 10.4. The first kappa shape index (κ1) is 6.22. The van der Waals surface area contributed by atoms with Crippen molar-refractivity contribution in [3.63, 3.8) is 0 Å². The molecule has 0 aliphatic carbocycles. The number of aliphatic imine (C=N–C) groups is 1. The van der Waals surface area contributed by atoms with Gasteiger partial charge in [0.05, 0.1) is 0 Å². The van der Waals surface area contributed by atoms with Crippen molar-refractivity contribution in [3.05, 3.63) is 0 Å². The Kier molecular flexibility index (Phi) is 1.79. The van der Waals surface area contributed by atoms with Crippen LogP contribution in [0, 0.1) is 0 Å². The van der Waals surface area contributed by atoms with Crippen LogP contribution in [0.2, 0.25) is 0 Å². The summed E-state index contributed by atoms with van der Waals surface area (Å²) < 4.78 is 0. The Morgan fingerprint density at radius 2 is 2.44 bits per heavy atom. The van der Waals surface area contributed by atoms with E-state index in [1.165, 1.54) is 0 Å². The molecule has 1 radical (unpaired) electrons. The van der Waals surface area contributed by atoms with E-state index in [0.29, 0.717) is 18.8 Å². The van der Waals surface area contributed by atoms with Crippen LogP contribution < -0.4 is 11.1 Å². The highest BCUT2D eigenvalue weighted by Gasteiger charge is 2.13. The molecular weight excluding hydrogens is 118 g/mol. The van der Waals surface area contributed by atoms with Crippen LogP contribution in [0.15, 0.2) is 4.99 Å². The molecule has 0 aromatic carbocycles. The number of rotatable bonds is 2. The maximum atomic E-state index is 10.4. The molecule has 1 aliphatic heterocycles. The summed E-state index contributed by atoms with van der Waals surface area (Å²) in [5.41, 5.74) is 5.20. The summed E-state index contributed by atoms with van der Waals surface area (Å²) in [6, 6.07) is 0. The molecule has 0 aromatic heterocycles. The maximum absolute atomic E-state index is 10.4. The average molecular weight is 126 g/mol. The van der Waals surface area contributed by atoms with Gasteiger partial charge in [-0.3, -0.25) is 9.79 Å². The summed E-state index contributed by atoms with van der Waals surface area (Å²) in [6.45, 7) is 0.727. The molecule has 0 fully saturated rings. The van der Waals surface area contributed by atoms with Crippen LogP contribution in [0.25, 0.3) is 0 Å². The normalized spacial score (nSPS) is 17.4. The van der Waals surface area contributed by atoms with E-state index >= 15 is 0 Å². The highest BCUT2D eigenvalue weighted by atomic mass is 16.2. The predicted octanol–water partition coefficient (Wildman–Crippen LogP) is -1.12. The summed E-state index contributed by atoms with van der Waals surface area (Å²) in [5, 5.41) is 3.61. The van der Waals surface area contributed by atoms with E-state index in [1.54, 1.807) is 0 Å². The molecule has 49 valence electrons. The fourth-order valence-corrected chi connectivity index (χ4v) is 0.638. The molecule has 0 spiro atoms. The van der Waals surface area contributed by atoms with Crippen molar-refractivity contribution in [2.24, 2.45) is 10.7 Å². The molecule has 2 N–H and O–H groups in total. The van der Waals surface area contributed by atoms with Crippen molar-refractivity contribution in [1.29, 1.82) is 0 Å². The first-order valence-corrected chi connectivity index (χ1v) is 2.81. The number of nitrogens with two attached hydrogens (primary N) is 1. The minimum atomic E-state index is -0.154. The summed E-state index contributed by atoms with van der Waals surface area (Å²) in [4.78, 5) is 14.2. The lowest BCUT2D eigenvalue weighted by molar-refractivity contribution is -0.117. The van der Waals surface area contributed by atoms with Crippen LogP contribution in [0.5, 0.6) is 0 Å². The first-order chi connectivity index (χ1) is 4.33. The molecule has 9 heavy (non-hydrogen) atoms. The number of carbonyl (C=O) groups excluding carboxylic acids is 1. The molecule has 0 saturated heterocycles. The van der Waals surface area contributed by atoms with Crippen LogP contribution >= 0.6 is 0 Å². The van der Waals surface area contributed by atoms with Gasteiger partial charge in [0.1, 0.15) is 12.4 Å². The molecule has 0 aromatic rings. The van der Waals surface area contributed by atoms with Crippen LogP contribution in [0.4, 0.5) is 0 Å². The number of carbonyl (C=O) groups is 1. The zero-order valence-corrected chi connectivity index (χ0v) is 5.00. The van der Waals surface area contributed by atoms with Gasteiger partial charge in [-0.25, -0.2) is 0 Å². The standard InChI is InChI=1S/C5H8N3O/c6-2-1-4-7-3-5(9)8-4/h1-3,6H2. The third-order valence-electron chi connectivity index (χ3n) is 1.02. The van der Waals surface area contributed by atoms with Crippen molar-refractivity contribution >= 4 is 11.7 Å². The quantitative estimate of drug-likeness (QED) is 0.509. The Morgan fingerprint density at radius 3 is 2.89 bits per heavy atom. The predicted molar refractivity (Wildman–Crippen MR) is 33.1 cm³/mol. The van der Waals surface area contributed by atoms with Gasteiger partial charge in [-0.2, -0.15) is 5.32 Å². The van der Waals surface area contributed by atoms with Crippen molar-refractivity contribution < 1.29 is 4.79 Å². The third-order valence-corrected chi connectivity index (χ3v) is 1.02. The topological polar surface area (TPSA) is 69.5 Å². The second-order valence-electron chi connectivity index (χ2n) is 1.78. The maximum Gasteiger partial charge on any atom is 0.269 e. The zero-order chi connectivity index (χ0) is 6.69. The summed E-state index contributed by atoms with van der Waals surface area (Å²) in [6.07, 6.45) is 0.617. The lowest BCUT2D eigenvalue weighted by Gasteiger charge is -1.90. The Bertz CT molecular complexity index is 152. The number of hydrogen-bond donors (Lipinski definition) is 1. The van der Waals surface area contributed by atoms with Gasteiger partial charge >= 0.3 is 0 Å². The Morgan fingerprint density at radius 1 is 1.67 bits per heavy atom. The molecule has 0 saturated carbocycles. The molecule has 4 nitrogen and oxygen atoms in total. The highest BCUT2D eigenvalue weighted by Crippen LogP contribution is 1.91. The van der Waals surface area contributed by atoms with Crippen molar-refractivity contribution in [2.45, 2.75) is 6.42 Å².